The molecule has 0 fully saturated rings. The number of aromatic nitrogens is 2. The Kier molecular flexibility index (Phi) is 4.66. The lowest BCUT2D eigenvalue weighted by molar-refractivity contribution is -0.137. The standard InChI is InChI=1S/C12H10Cl2N4O3/c13-7-1-2-9(14)10(3-7)17-12(21)16-8-4-15-18(5-8)6-11(19)20/h1-5H,6H2,(H,19,20)(H2,16,17,21). The molecule has 1 aromatic heterocycles. The van der Waals surface area contributed by atoms with Gasteiger partial charge in [-0.15, -0.1) is 0 Å². The number of anilines is 2. The molecule has 0 aliphatic carbocycles. The van der Waals surface area contributed by atoms with Gasteiger partial charge in [-0.3, -0.25) is 9.48 Å². The molecule has 0 aliphatic rings. The van der Waals surface area contributed by atoms with E-state index in [1.807, 2.05) is 0 Å². The number of carboxylic acids is 1. The van der Waals surface area contributed by atoms with Crippen LogP contribution in [0.15, 0.2) is 30.6 Å². The van der Waals surface area contributed by atoms with Crippen LogP contribution in [0, 0.1) is 0 Å². The van der Waals surface area contributed by atoms with Gasteiger partial charge in [-0.25, -0.2) is 4.79 Å². The lowest BCUT2D eigenvalue weighted by Gasteiger charge is -2.08. The van der Waals surface area contributed by atoms with E-state index in [0.717, 1.165) is 0 Å². The number of urea groups is 1. The lowest BCUT2D eigenvalue weighted by atomic mass is 10.3. The number of hydrogen-bond donors (Lipinski definition) is 3. The second-order valence-corrected chi connectivity index (χ2v) is 4.87. The molecule has 2 aromatic rings. The summed E-state index contributed by atoms with van der Waals surface area (Å²) in [6.45, 7) is -0.288. The van der Waals surface area contributed by atoms with Crippen LogP contribution < -0.4 is 10.6 Å². The predicted molar refractivity (Wildman–Crippen MR) is 79.0 cm³/mol. The van der Waals surface area contributed by atoms with Gasteiger partial charge in [0, 0.05) is 11.2 Å². The van der Waals surface area contributed by atoms with Crippen LogP contribution in [0.1, 0.15) is 0 Å². The first-order valence-corrected chi connectivity index (χ1v) is 6.47. The third-order valence-corrected chi connectivity index (χ3v) is 2.93. The number of rotatable bonds is 4. The fourth-order valence-corrected chi connectivity index (χ4v) is 1.87. The Morgan fingerprint density at radius 2 is 2.05 bits per heavy atom. The molecular weight excluding hydrogens is 319 g/mol. The maximum atomic E-state index is 11.8. The Hall–Kier alpha value is -2.25. The topological polar surface area (TPSA) is 96.2 Å². The molecule has 3 N–H and O–H groups in total. The fourth-order valence-electron chi connectivity index (χ4n) is 1.53. The quantitative estimate of drug-likeness (QED) is 0.803. The number of halogens is 2. The van der Waals surface area contributed by atoms with E-state index in [4.69, 9.17) is 28.3 Å². The largest absolute Gasteiger partial charge is 0.480 e. The van der Waals surface area contributed by atoms with Crippen LogP contribution >= 0.6 is 23.2 Å². The maximum absolute atomic E-state index is 11.8. The molecule has 0 spiro atoms. The van der Waals surface area contributed by atoms with Gasteiger partial charge < -0.3 is 15.7 Å². The van der Waals surface area contributed by atoms with Gasteiger partial charge in [0.05, 0.1) is 22.6 Å². The number of nitrogens with zero attached hydrogens (tertiary/aromatic N) is 2. The zero-order valence-electron chi connectivity index (χ0n) is 10.5. The van der Waals surface area contributed by atoms with Crippen molar-refractivity contribution in [2.45, 2.75) is 6.54 Å². The smallest absolute Gasteiger partial charge is 0.325 e. The molecule has 2 amide bonds. The molecule has 0 aliphatic heterocycles. The van der Waals surface area contributed by atoms with Crippen molar-refractivity contribution in [3.8, 4) is 0 Å². The summed E-state index contributed by atoms with van der Waals surface area (Å²) in [6, 6.07) is 4.12. The summed E-state index contributed by atoms with van der Waals surface area (Å²) in [5, 5.41) is 18.2. The summed E-state index contributed by atoms with van der Waals surface area (Å²) in [4.78, 5) is 22.3. The Balaban J connectivity index is 2.00. The van der Waals surface area contributed by atoms with Gasteiger partial charge in [0.1, 0.15) is 6.54 Å². The molecule has 0 saturated heterocycles. The van der Waals surface area contributed by atoms with Crippen molar-refractivity contribution in [1.29, 1.82) is 0 Å². The highest BCUT2D eigenvalue weighted by Crippen LogP contribution is 2.25. The molecule has 0 saturated carbocycles. The summed E-state index contributed by atoms with van der Waals surface area (Å²) in [5.74, 6) is -1.03. The number of benzene rings is 1. The van der Waals surface area contributed by atoms with Crippen molar-refractivity contribution >= 4 is 46.6 Å². The number of nitrogens with one attached hydrogen (secondary N) is 2. The maximum Gasteiger partial charge on any atom is 0.325 e. The van der Waals surface area contributed by atoms with Crippen molar-refractivity contribution in [1.82, 2.24) is 9.78 Å². The Morgan fingerprint density at radius 3 is 2.76 bits per heavy atom. The molecule has 7 nitrogen and oxygen atoms in total. The first-order chi connectivity index (χ1) is 9.94. The van der Waals surface area contributed by atoms with E-state index in [9.17, 15) is 9.59 Å². The first-order valence-electron chi connectivity index (χ1n) is 5.71. The van der Waals surface area contributed by atoms with Crippen molar-refractivity contribution in [3.05, 3.63) is 40.6 Å². The molecule has 0 bridgehead atoms. The van der Waals surface area contributed by atoms with Gasteiger partial charge in [-0.1, -0.05) is 23.2 Å². The minimum absolute atomic E-state index is 0.288. The average Bonchev–Trinajstić information content (AvgIpc) is 2.80. The van der Waals surface area contributed by atoms with E-state index in [1.165, 1.54) is 23.1 Å². The van der Waals surface area contributed by atoms with Crippen LogP contribution in [-0.4, -0.2) is 26.9 Å². The normalized spacial score (nSPS) is 10.2. The van der Waals surface area contributed by atoms with Gasteiger partial charge in [0.2, 0.25) is 0 Å². The van der Waals surface area contributed by atoms with Crippen molar-refractivity contribution in [2.75, 3.05) is 10.6 Å². The Morgan fingerprint density at radius 1 is 1.29 bits per heavy atom. The average molecular weight is 329 g/mol. The molecule has 0 unspecified atom stereocenters. The number of carbonyl (C=O) groups excluding carboxylic acids is 1. The monoisotopic (exact) mass is 328 g/mol. The number of hydrogen-bond acceptors (Lipinski definition) is 3. The summed E-state index contributed by atoms with van der Waals surface area (Å²) < 4.78 is 1.18. The Labute approximate surface area is 129 Å². The van der Waals surface area contributed by atoms with Crippen molar-refractivity contribution < 1.29 is 14.7 Å². The number of carbonyl (C=O) groups is 2. The van der Waals surface area contributed by atoms with E-state index in [0.29, 0.717) is 21.4 Å². The van der Waals surface area contributed by atoms with E-state index in [-0.39, 0.29) is 6.54 Å². The van der Waals surface area contributed by atoms with Crippen LogP contribution in [-0.2, 0) is 11.3 Å². The minimum atomic E-state index is -1.03. The first kappa shape index (κ1) is 15.1. The molecule has 110 valence electrons. The molecule has 9 heteroatoms. The van der Waals surface area contributed by atoms with E-state index >= 15 is 0 Å². The van der Waals surface area contributed by atoms with Gasteiger partial charge in [0.15, 0.2) is 0 Å². The molecule has 0 atom stereocenters. The van der Waals surface area contributed by atoms with Crippen molar-refractivity contribution in [2.24, 2.45) is 0 Å². The molecule has 21 heavy (non-hydrogen) atoms. The number of amides is 2. The summed E-state index contributed by atoms with van der Waals surface area (Å²) in [6.07, 6.45) is 2.73. The van der Waals surface area contributed by atoms with Crippen LogP contribution in [0.3, 0.4) is 0 Å². The predicted octanol–water partition coefficient (Wildman–Crippen LogP) is 2.92. The van der Waals surface area contributed by atoms with Crippen LogP contribution in [0.4, 0.5) is 16.2 Å². The van der Waals surface area contributed by atoms with Crippen LogP contribution in [0.2, 0.25) is 10.0 Å². The van der Waals surface area contributed by atoms with Crippen LogP contribution in [0.5, 0.6) is 0 Å². The highest BCUT2D eigenvalue weighted by molar-refractivity contribution is 6.35. The van der Waals surface area contributed by atoms with Gasteiger partial charge in [-0.2, -0.15) is 5.10 Å². The highest BCUT2D eigenvalue weighted by Gasteiger charge is 2.09. The van der Waals surface area contributed by atoms with E-state index < -0.39 is 12.0 Å². The number of carboxylic acid groups (broad SMARTS) is 1. The third-order valence-electron chi connectivity index (χ3n) is 2.36. The van der Waals surface area contributed by atoms with E-state index in [1.54, 1.807) is 12.1 Å². The van der Waals surface area contributed by atoms with Gasteiger partial charge >= 0.3 is 12.0 Å². The molecule has 0 radical (unpaired) electrons. The van der Waals surface area contributed by atoms with Gasteiger partial charge in [-0.05, 0) is 18.2 Å². The fraction of sp³-hybridized carbons (Fsp3) is 0.0833. The highest BCUT2D eigenvalue weighted by atomic mass is 35.5. The summed E-state index contributed by atoms with van der Waals surface area (Å²) in [5.41, 5.74) is 0.714. The second kappa shape index (κ2) is 6.47. The summed E-state index contributed by atoms with van der Waals surface area (Å²) >= 11 is 11.7. The summed E-state index contributed by atoms with van der Waals surface area (Å²) in [7, 11) is 0. The van der Waals surface area contributed by atoms with Crippen LogP contribution in [0.25, 0.3) is 0 Å². The Bertz CT molecular complexity index is 687. The van der Waals surface area contributed by atoms with E-state index in [2.05, 4.69) is 15.7 Å². The SMILES string of the molecule is O=C(O)Cn1cc(NC(=O)Nc2cc(Cl)ccc2Cl)cn1. The zero-order valence-corrected chi connectivity index (χ0v) is 12.0. The lowest BCUT2D eigenvalue weighted by Crippen LogP contribution is -2.19. The molecule has 1 heterocycles. The molecular formula is C12H10Cl2N4O3. The minimum Gasteiger partial charge on any atom is -0.480 e. The molecule has 2 rings (SSSR count). The second-order valence-electron chi connectivity index (χ2n) is 4.02. The molecule has 1 aromatic carbocycles. The van der Waals surface area contributed by atoms with Crippen molar-refractivity contribution in [3.63, 3.8) is 0 Å². The van der Waals surface area contributed by atoms with Gasteiger partial charge in [0.25, 0.3) is 0 Å². The third kappa shape index (κ3) is 4.37. The number of aliphatic carboxylic acids is 1. The zero-order chi connectivity index (χ0) is 15.4.